The molecule has 154 valence electrons. The van der Waals surface area contributed by atoms with Crippen LogP contribution in [0.4, 0.5) is 0 Å². The Balaban J connectivity index is 1.71. The van der Waals surface area contributed by atoms with E-state index in [1.165, 1.54) is 14.2 Å². The Morgan fingerprint density at radius 2 is 1.47 bits per heavy atom. The third-order valence-electron chi connectivity index (χ3n) is 4.95. The van der Waals surface area contributed by atoms with Crippen LogP contribution in [0.25, 0.3) is 0 Å². The van der Waals surface area contributed by atoms with E-state index in [9.17, 15) is 9.59 Å². The highest BCUT2D eigenvalue weighted by Crippen LogP contribution is 2.28. The van der Waals surface area contributed by atoms with Crippen LogP contribution in [-0.4, -0.2) is 26.1 Å². The van der Waals surface area contributed by atoms with Crippen LogP contribution < -0.4 is 10.1 Å². The van der Waals surface area contributed by atoms with Crippen LogP contribution in [0.15, 0.2) is 78.9 Å². The zero-order chi connectivity index (χ0) is 21.3. The van der Waals surface area contributed by atoms with Gasteiger partial charge in [-0.05, 0) is 28.8 Å². The van der Waals surface area contributed by atoms with Crippen LogP contribution in [0.3, 0.4) is 0 Å². The SMILES string of the molecule is COC(=O)c1cc(CNC(=O)CC(c2ccccc2)c2ccccc2)ccc1OC. The fraction of sp³-hybridized carbons (Fsp3) is 0.200. The van der Waals surface area contributed by atoms with E-state index in [0.29, 0.717) is 24.3 Å². The van der Waals surface area contributed by atoms with Crippen molar-refractivity contribution < 1.29 is 19.1 Å². The average molecular weight is 403 g/mol. The normalized spacial score (nSPS) is 10.5. The Kier molecular flexibility index (Phi) is 7.22. The lowest BCUT2D eigenvalue weighted by Gasteiger charge is -2.18. The molecule has 0 radical (unpaired) electrons. The van der Waals surface area contributed by atoms with E-state index < -0.39 is 5.97 Å². The third-order valence-corrected chi connectivity index (χ3v) is 4.95. The number of rotatable bonds is 8. The summed E-state index contributed by atoms with van der Waals surface area (Å²) in [5.74, 6) is -0.143. The molecule has 0 bridgehead atoms. The fourth-order valence-electron chi connectivity index (χ4n) is 3.39. The molecular weight excluding hydrogens is 378 g/mol. The summed E-state index contributed by atoms with van der Waals surface area (Å²) in [6.07, 6.45) is 0.327. The predicted octanol–water partition coefficient (Wildman–Crippen LogP) is 4.32. The van der Waals surface area contributed by atoms with E-state index >= 15 is 0 Å². The molecule has 1 N–H and O–H groups in total. The summed E-state index contributed by atoms with van der Waals surface area (Å²) in [6.45, 7) is 0.309. The van der Waals surface area contributed by atoms with Crippen molar-refractivity contribution in [2.75, 3.05) is 14.2 Å². The number of methoxy groups -OCH3 is 2. The van der Waals surface area contributed by atoms with Crippen molar-refractivity contribution in [3.05, 3.63) is 101 Å². The van der Waals surface area contributed by atoms with Gasteiger partial charge in [-0.2, -0.15) is 0 Å². The lowest BCUT2D eigenvalue weighted by molar-refractivity contribution is -0.121. The molecule has 3 aromatic carbocycles. The second kappa shape index (κ2) is 10.3. The molecule has 0 aliphatic carbocycles. The Hall–Kier alpha value is -3.60. The highest BCUT2D eigenvalue weighted by molar-refractivity contribution is 5.92. The zero-order valence-corrected chi connectivity index (χ0v) is 17.1. The predicted molar refractivity (Wildman–Crippen MR) is 116 cm³/mol. The van der Waals surface area contributed by atoms with E-state index in [4.69, 9.17) is 9.47 Å². The molecule has 0 aliphatic rings. The summed E-state index contributed by atoms with van der Waals surface area (Å²) >= 11 is 0. The maximum Gasteiger partial charge on any atom is 0.341 e. The molecule has 1 amide bonds. The van der Waals surface area contributed by atoms with E-state index in [-0.39, 0.29) is 11.8 Å². The van der Waals surface area contributed by atoms with Crippen LogP contribution in [0.2, 0.25) is 0 Å². The van der Waals surface area contributed by atoms with Crippen molar-refractivity contribution in [1.29, 1.82) is 0 Å². The minimum Gasteiger partial charge on any atom is -0.496 e. The van der Waals surface area contributed by atoms with E-state index in [0.717, 1.165) is 16.7 Å². The first-order chi connectivity index (χ1) is 14.6. The minimum absolute atomic E-state index is 0.0334. The number of carbonyl (C=O) groups excluding carboxylic acids is 2. The smallest absolute Gasteiger partial charge is 0.341 e. The molecule has 5 heteroatoms. The van der Waals surface area contributed by atoms with Crippen molar-refractivity contribution in [2.45, 2.75) is 18.9 Å². The summed E-state index contributed by atoms with van der Waals surface area (Å²) in [7, 11) is 2.82. The van der Waals surface area contributed by atoms with Gasteiger partial charge in [-0.15, -0.1) is 0 Å². The van der Waals surface area contributed by atoms with Gasteiger partial charge in [0.1, 0.15) is 11.3 Å². The van der Waals surface area contributed by atoms with Crippen LogP contribution >= 0.6 is 0 Å². The van der Waals surface area contributed by atoms with Gasteiger partial charge in [-0.1, -0.05) is 66.7 Å². The van der Waals surface area contributed by atoms with Gasteiger partial charge in [0.25, 0.3) is 0 Å². The third kappa shape index (κ3) is 5.26. The lowest BCUT2D eigenvalue weighted by atomic mass is 9.88. The number of hydrogen-bond acceptors (Lipinski definition) is 4. The van der Waals surface area contributed by atoms with Crippen molar-refractivity contribution in [1.82, 2.24) is 5.32 Å². The standard InChI is InChI=1S/C25H25NO4/c1-29-23-14-13-18(15-22(23)25(28)30-2)17-26-24(27)16-21(19-9-5-3-6-10-19)20-11-7-4-8-12-20/h3-15,21H,16-17H2,1-2H3,(H,26,27). The molecular formula is C25H25NO4. The van der Waals surface area contributed by atoms with Gasteiger partial charge in [0, 0.05) is 18.9 Å². The molecule has 0 saturated carbocycles. The van der Waals surface area contributed by atoms with Gasteiger partial charge < -0.3 is 14.8 Å². The minimum atomic E-state index is -0.478. The molecule has 0 saturated heterocycles. The van der Waals surface area contributed by atoms with Crippen LogP contribution in [0, 0.1) is 0 Å². The van der Waals surface area contributed by atoms with Gasteiger partial charge in [0.2, 0.25) is 5.91 Å². The largest absolute Gasteiger partial charge is 0.496 e. The van der Waals surface area contributed by atoms with Crippen molar-refractivity contribution in [3.63, 3.8) is 0 Å². The molecule has 3 aromatic rings. The highest BCUT2D eigenvalue weighted by atomic mass is 16.5. The first-order valence-electron chi connectivity index (χ1n) is 9.74. The van der Waals surface area contributed by atoms with Crippen LogP contribution in [0.1, 0.15) is 39.4 Å². The van der Waals surface area contributed by atoms with Crippen molar-refractivity contribution >= 4 is 11.9 Å². The van der Waals surface area contributed by atoms with Crippen molar-refractivity contribution in [3.8, 4) is 5.75 Å². The molecule has 0 aliphatic heterocycles. The molecule has 0 heterocycles. The first-order valence-corrected chi connectivity index (χ1v) is 9.74. The summed E-state index contributed by atoms with van der Waals surface area (Å²) < 4.78 is 10.0. The van der Waals surface area contributed by atoms with E-state index in [1.807, 2.05) is 66.7 Å². The lowest BCUT2D eigenvalue weighted by Crippen LogP contribution is -2.25. The topological polar surface area (TPSA) is 64.6 Å². The molecule has 3 rings (SSSR count). The molecule has 0 unspecified atom stereocenters. The maximum absolute atomic E-state index is 12.7. The maximum atomic E-state index is 12.7. The number of hydrogen-bond donors (Lipinski definition) is 1. The number of esters is 1. The summed E-state index contributed by atoms with van der Waals surface area (Å²) in [6, 6.07) is 25.2. The van der Waals surface area contributed by atoms with Crippen LogP contribution in [0.5, 0.6) is 5.75 Å². The second-order valence-corrected chi connectivity index (χ2v) is 6.88. The average Bonchev–Trinajstić information content (AvgIpc) is 2.81. The Morgan fingerprint density at radius 3 is 2.00 bits per heavy atom. The molecule has 0 spiro atoms. The van der Waals surface area contributed by atoms with Gasteiger partial charge >= 0.3 is 5.97 Å². The fourth-order valence-corrected chi connectivity index (χ4v) is 3.39. The molecule has 0 aromatic heterocycles. The molecule has 30 heavy (non-hydrogen) atoms. The number of carbonyl (C=O) groups is 2. The molecule has 0 fully saturated rings. The monoisotopic (exact) mass is 403 g/mol. The van der Waals surface area contributed by atoms with E-state index in [1.54, 1.807) is 12.1 Å². The quantitative estimate of drug-likeness (QED) is 0.569. The van der Waals surface area contributed by atoms with Crippen LogP contribution in [-0.2, 0) is 16.1 Å². The van der Waals surface area contributed by atoms with Gasteiger partial charge in [0.15, 0.2) is 0 Å². The second-order valence-electron chi connectivity index (χ2n) is 6.88. The zero-order valence-electron chi connectivity index (χ0n) is 17.1. The first kappa shape index (κ1) is 21.1. The summed E-state index contributed by atoms with van der Waals surface area (Å²) in [5, 5.41) is 2.96. The highest BCUT2D eigenvalue weighted by Gasteiger charge is 2.18. The number of amides is 1. The van der Waals surface area contributed by atoms with Gasteiger partial charge in [-0.3, -0.25) is 4.79 Å². The number of ether oxygens (including phenoxy) is 2. The summed E-state index contributed by atoms with van der Waals surface area (Å²) in [4.78, 5) is 24.7. The van der Waals surface area contributed by atoms with Gasteiger partial charge in [-0.25, -0.2) is 4.79 Å². The summed E-state index contributed by atoms with van der Waals surface area (Å²) in [5.41, 5.74) is 3.31. The molecule has 0 atom stereocenters. The molecule has 5 nitrogen and oxygen atoms in total. The van der Waals surface area contributed by atoms with E-state index in [2.05, 4.69) is 5.32 Å². The Morgan fingerprint density at radius 1 is 0.867 bits per heavy atom. The number of nitrogens with one attached hydrogen (secondary N) is 1. The Bertz CT molecular complexity index is 947. The van der Waals surface area contributed by atoms with Crippen molar-refractivity contribution in [2.24, 2.45) is 0 Å². The number of benzene rings is 3. The van der Waals surface area contributed by atoms with Gasteiger partial charge in [0.05, 0.1) is 14.2 Å². The Labute approximate surface area is 176 Å².